The van der Waals surface area contributed by atoms with E-state index in [2.05, 4.69) is 10.5 Å². The van der Waals surface area contributed by atoms with E-state index in [4.69, 9.17) is 10.6 Å². The maximum atomic E-state index is 11.0. The molecule has 24 heavy (non-hydrogen) atoms. The minimum atomic E-state index is -0.459. The lowest BCUT2D eigenvalue weighted by molar-refractivity contribution is -0.114. The Hall–Kier alpha value is -3.15. The highest BCUT2D eigenvalue weighted by Crippen LogP contribution is 2.11. The number of nitrogens with one attached hydrogen (secondary N) is 1. The van der Waals surface area contributed by atoms with Crippen molar-refractivity contribution in [2.75, 3.05) is 5.32 Å². The SMILES string of the molecule is CC(=O)Nc1ccc(/C(C)=N/OCc2ccc(C(N)=O)cc2)cc1. The maximum absolute atomic E-state index is 11.0. The molecule has 0 spiro atoms. The van der Waals surface area contributed by atoms with Gasteiger partial charge in [-0.1, -0.05) is 29.4 Å². The molecule has 0 aliphatic carbocycles. The molecule has 0 radical (unpaired) electrons. The molecule has 0 fully saturated rings. The van der Waals surface area contributed by atoms with Gasteiger partial charge in [0.25, 0.3) is 0 Å². The Morgan fingerprint density at radius 1 is 1.00 bits per heavy atom. The molecule has 0 unspecified atom stereocenters. The molecule has 2 rings (SSSR count). The largest absolute Gasteiger partial charge is 0.391 e. The fourth-order valence-electron chi connectivity index (χ4n) is 2.02. The van der Waals surface area contributed by atoms with Crippen molar-refractivity contribution in [1.29, 1.82) is 0 Å². The molecule has 124 valence electrons. The third kappa shape index (κ3) is 4.95. The fraction of sp³-hybridized carbons (Fsp3) is 0.167. The second-order valence-electron chi connectivity index (χ2n) is 5.27. The summed E-state index contributed by atoms with van der Waals surface area (Å²) >= 11 is 0. The Bertz CT molecular complexity index is 750. The average molecular weight is 325 g/mol. The lowest BCUT2D eigenvalue weighted by atomic mass is 10.1. The summed E-state index contributed by atoms with van der Waals surface area (Å²) < 4.78 is 0. The number of hydrogen-bond acceptors (Lipinski definition) is 4. The molecule has 2 aromatic carbocycles. The van der Waals surface area contributed by atoms with Gasteiger partial charge in [-0.15, -0.1) is 0 Å². The molecule has 0 saturated heterocycles. The minimum Gasteiger partial charge on any atom is -0.391 e. The summed E-state index contributed by atoms with van der Waals surface area (Å²) in [5.41, 5.74) is 8.88. The molecular formula is C18H19N3O3. The van der Waals surface area contributed by atoms with Gasteiger partial charge in [0.1, 0.15) is 6.61 Å². The topological polar surface area (TPSA) is 93.8 Å². The average Bonchev–Trinajstić information content (AvgIpc) is 2.55. The normalized spacial score (nSPS) is 11.0. The van der Waals surface area contributed by atoms with Gasteiger partial charge in [0, 0.05) is 18.2 Å². The number of anilines is 1. The molecular weight excluding hydrogens is 306 g/mol. The van der Waals surface area contributed by atoms with Crippen molar-refractivity contribution in [1.82, 2.24) is 0 Å². The summed E-state index contributed by atoms with van der Waals surface area (Å²) in [6.07, 6.45) is 0. The first kappa shape index (κ1) is 17.2. The van der Waals surface area contributed by atoms with Crippen LogP contribution in [0.15, 0.2) is 53.7 Å². The summed E-state index contributed by atoms with van der Waals surface area (Å²) in [7, 11) is 0. The summed E-state index contributed by atoms with van der Waals surface area (Å²) in [6.45, 7) is 3.59. The van der Waals surface area contributed by atoms with E-state index in [1.54, 1.807) is 36.4 Å². The quantitative estimate of drug-likeness (QED) is 0.631. The van der Waals surface area contributed by atoms with Crippen molar-refractivity contribution in [2.24, 2.45) is 10.9 Å². The number of carbonyl (C=O) groups is 2. The molecule has 6 nitrogen and oxygen atoms in total. The first-order valence-electron chi connectivity index (χ1n) is 7.39. The maximum Gasteiger partial charge on any atom is 0.248 e. The van der Waals surface area contributed by atoms with Crippen LogP contribution >= 0.6 is 0 Å². The summed E-state index contributed by atoms with van der Waals surface area (Å²) in [5, 5.41) is 6.78. The third-order valence-corrected chi connectivity index (χ3v) is 3.29. The lowest BCUT2D eigenvalue weighted by Crippen LogP contribution is -2.10. The van der Waals surface area contributed by atoms with E-state index >= 15 is 0 Å². The van der Waals surface area contributed by atoms with E-state index in [0.29, 0.717) is 12.2 Å². The zero-order valence-corrected chi connectivity index (χ0v) is 13.6. The third-order valence-electron chi connectivity index (χ3n) is 3.29. The Balaban J connectivity index is 1.93. The first-order valence-corrected chi connectivity index (χ1v) is 7.39. The van der Waals surface area contributed by atoms with Gasteiger partial charge in [-0.3, -0.25) is 9.59 Å². The van der Waals surface area contributed by atoms with Gasteiger partial charge < -0.3 is 15.9 Å². The number of oxime groups is 1. The molecule has 0 aromatic heterocycles. The smallest absolute Gasteiger partial charge is 0.248 e. The van der Waals surface area contributed by atoms with Crippen LogP contribution in [0.25, 0.3) is 0 Å². The Morgan fingerprint density at radius 3 is 2.12 bits per heavy atom. The van der Waals surface area contributed by atoms with E-state index in [1.165, 1.54) is 6.92 Å². The second kappa shape index (κ2) is 7.92. The van der Waals surface area contributed by atoms with Crippen LogP contribution in [0.5, 0.6) is 0 Å². The monoisotopic (exact) mass is 325 g/mol. The molecule has 0 atom stereocenters. The predicted molar refractivity (Wildman–Crippen MR) is 92.7 cm³/mol. The van der Waals surface area contributed by atoms with Crippen LogP contribution in [0.4, 0.5) is 5.69 Å². The van der Waals surface area contributed by atoms with Crippen molar-refractivity contribution in [3.63, 3.8) is 0 Å². The van der Waals surface area contributed by atoms with Crippen LogP contribution in [0.2, 0.25) is 0 Å². The van der Waals surface area contributed by atoms with E-state index in [0.717, 1.165) is 22.5 Å². The number of amides is 2. The highest BCUT2D eigenvalue weighted by atomic mass is 16.6. The highest BCUT2D eigenvalue weighted by Gasteiger charge is 2.02. The van der Waals surface area contributed by atoms with Crippen LogP contribution in [0, 0.1) is 0 Å². The molecule has 0 heterocycles. The van der Waals surface area contributed by atoms with Crippen LogP contribution < -0.4 is 11.1 Å². The zero-order chi connectivity index (χ0) is 17.5. The molecule has 0 aliphatic heterocycles. The van der Waals surface area contributed by atoms with Crippen molar-refractivity contribution >= 4 is 23.2 Å². The minimum absolute atomic E-state index is 0.112. The van der Waals surface area contributed by atoms with Crippen LogP contribution in [0.3, 0.4) is 0 Å². The molecule has 6 heteroatoms. The predicted octanol–water partition coefficient (Wildman–Crippen LogP) is 2.68. The van der Waals surface area contributed by atoms with Crippen molar-refractivity contribution in [3.05, 3.63) is 65.2 Å². The Morgan fingerprint density at radius 2 is 1.58 bits per heavy atom. The van der Waals surface area contributed by atoms with Gasteiger partial charge in [0.2, 0.25) is 11.8 Å². The van der Waals surface area contributed by atoms with Gasteiger partial charge in [-0.2, -0.15) is 0 Å². The number of primary amides is 1. The van der Waals surface area contributed by atoms with Crippen LogP contribution in [-0.4, -0.2) is 17.5 Å². The summed E-state index contributed by atoms with van der Waals surface area (Å²) in [6, 6.07) is 14.2. The zero-order valence-electron chi connectivity index (χ0n) is 13.6. The Kier molecular flexibility index (Phi) is 5.68. The van der Waals surface area contributed by atoms with E-state index in [-0.39, 0.29) is 5.91 Å². The van der Waals surface area contributed by atoms with Gasteiger partial charge in [-0.05, 0) is 42.3 Å². The number of nitrogens with two attached hydrogens (primary N) is 1. The number of benzene rings is 2. The summed E-state index contributed by atoms with van der Waals surface area (Å²) in [4.78, 5) is 27.3. The van der Waals surface area contributed by atoms with Crippen LogP contribution in [0.1, 0.15) is 35.3 Å². The molecule has 0 aliphatic rings. The summed E-state index contributed by atoms with van der Waals surface area (Å²) in [5.74, 6) is -0.571. The van der Waals surface area contributed by atoms with Crippen LogP contribution in [-0.2, 0) is 16.2 Å². The van der Waals surface area contributed by atoms with Gasteiger partial charge in [0.15, 0.2) is 0 Å². The van der Waals surface area contributed by atoms with E-state index < -0.39 is 5.91 Å². The number of nitrogens with zero attached hydrogens (tertiary/aromatic N) is 1. The van der Waals surface area contributed by atoms with Crippen molar-refractivity contribution < 1.29 is 14.4 Å². The number of rotatable bonds is 6. The molecule has 0 bridgehead atoms. The first-order chi connectivity index (χ1) is 11.5. The second-order valence-corrected chi connectivity index (χ2v) is 5.27. The lowest BCUT2D eigenvalue weighted by Gasteiger charge is -2.05. The van der Waals surface area contributed by atoms with Gasteiger partial charge >= 0.3 is 0 Å². The van der Waals surface area contributed by atoms with Crippen molar-refractivity contribution in [3.8, 4) is 0 Å². The van der Waals surface area contributed by atoms with E-state index in [1.807, 2.05) is 19.1 Å². The number of hydrogen-bond donors (Lipinski definition) is 2. The molecule has 0 saturated carbocycles. The van der Waals surface area contributed by atoms with Gasteiger partial charge in [0.05, 0.1) is 5.71 Å². The van der Waals surface area contributed by atoms with Gasteiger partial charge in [-0.25, -0.2) is 0 Å². The van der Waals surface area contributed by atoms with Crippen molar-refractivity contribution in [2.45, 2.75) is 20.5 Å². The standard InChI is InChI=1S/C18H19N3O3/c1-12(15-7-9-17(10-8-15)20-13(2)22)21-24-11-14-3-5-16(6-4-14)18(19)23/h3-10H,11H2,1-2H3,(H2,19,23)(H,20,22)/b21-12+. The molecule has 2 aromatic rings. The van der Waals surface area contributed by atoms with E-state index in [9.17, 15) is 9.59 Å². The highest BCUT2D eigenvalue weighted by molar-refractivity contribution is 5.99. The molecule has 2 amide bonds. The number of carbonyl (C=O) groups excluding carboxylic acids is 2. The Labute approximate surface area is 140 Å². The molecule has 3 N–H and O–H groups in total. The fourth-order valence-corrected chi connectivity index (χ4v) is 2.02.